The summed E-state index contributed by atoms with van der Waals surface area (Å²) >= 11 is 0. The van der Waals surface area contributed by atoms with Gasteiger partial charge in [0, 0.05) is 37.8 Å². The van der Waals surface area contributed by atoms with Crippen LogP contribution in [-0.4, -0.2) is 95.6 Å². The number of carbonyl (C=O) groups excluding carboxylic acids is 1. The van der Waals surface area contributed by atoms with E-state index in [1.54, 1.807) is 4.90 Å². The fraction of sp³-hybridized carbons (Fsp3) is 0.533. The molecule has 0 aromatic heterocycles. The van der Waals surface area contributed by atoms with Gasteiger partial charge in [-0.2, -0.15) is 8.42 Å². The summed E-state index contributed by atoms with van der Waals surface area (Å²) in [6.45, 7) is 3.14. The third kappa shape index (κ3) is 4.57. The van der Waals surface area contributed by atoms with E-state index in [0.717, 1.165) is 13.1 Å². The molecule has 9 heteroatoms. The molecule has 0 radical (unpaired) electrons. The van der Waals surface area contributed by atoms with Gasteiger partial charge in [0.1, 0.15) is 0 Å². The van der Waals surface area contributed by atoms with Gasteiger partial charge in [0.25, 0.3) is 16.0 Å². The van der Waals surface area contributed by atoms with Crippen molar-refractivity contribution in [2.24, 2.45) is 0 Å². The van der Waals surface area contributed by atoms with Gasteiger partial charge >= 0.3 is 29.6 Å². The second-order valence-electron chi connectivity index (χ2n) is 6.05. The average Bonchev–Trinajstić information content (AvgIpc) is 3.38. The van der Waals surface area contributed by atoms with Crippen LogP contribution in [0.25, 0.3) is 0 Å². The Kier molecular flexibility index (Phi) is 6.46. The van der Waals surface area contributed by atoms with E-state index in [-0.39, 0.29) is 41.0 Å². The number of nitrogens with zero attached hydrogens (tertiary/aromatic N) is 2. The molecule has 1 unspecified atom stereocenters. The van der Waals surface area contributed by atoms with Gasteiger partial charge in [0.2, 0.25) is 5.44 Å². The monoisotopic (exact) mass is 364 g/mol. The van der Waals surface area contributed by atoms with Crippen molar-refractivity contribution in [3.05, 3.63) is 35.4 Å². The zero-order chi connectivity index (χ0) is 16.6. The number of hydrogen-bond acceptors (Lipinski definition) is 5. The normalized spacial score (nSPS) is 20.3. The molecule has 1 atom stereocenters. The Labute approximate surface area is 163 Å². The zero-order valence-corrected chi connectivity index (χ0v) is 13.4. The molecule has 1 aromatic rings. The van der Waals surface area contributed by atoms with Crippen LogP contribution in [0.3, 0.4) is 0 Å². The van der Waals surface area contributed by atoms with Gasteiger partial charge in [-0.25, -0.2) is 0 Å². The first kappa shape index (κ1) is 19.8. The summed E-state index contributed by atoms with van der Waals surface area (Å²) < 4.78 is 30.7. The number of hydrogen-bond donors (Lipinski definition) is 2. The fourth-order valence-corrected chi connectivity index (χ4v) is 3.38. The van der Waals surface area contributed by atoms with Crippen LogP contribution in [0.15, 0.2) is 24.3 Å². The van der Waals surface area contributed by atoms with Gasteiger partial charge in [-0.05, 0) is 30.5 Å². The van der Waals surface area contributed by atoms with Crippen molar-refractivity contribution in [3.8, 4) is 0 Å². The molecule has 3 rings (SSSR count). The van der Waals surface area contributed by atoms with Crippen LogP contribution in [-0.2, 0) is 10.1 Å². The SMILES string of the molecule is O=C(c1ccc(C(O)S(=O)(=O)O)cc1)N1CCN(C2CC2)CC1.[NaH]. The molecule has 0 spiro atoms. The Balaban J connectivity index is 0.00000208. The van der Waals surface area contributed by atoms with E-state index in [4.69, 9.17) is 4.55 Å². The standard InChI is InChI=1S/C15H20N2O5S.Na.H/c18-14(17-9-7-16(8-10-17)13-5-6-13)11-1-3-12(4-2-11)15(19)23(20,21)22;;/h1-4,13,15,19H,5-10H2,(H,20,21,22);;. The molecule has 2 aliphatic rings. The Morgan fingerprint density at radius 3 is 2.08 bits per heavy atom. The summed E-state index contributed by atoms with van der Waals surface area (Å²) in [4.78, 5) is 16.6. The van der Waals surface area contributed by atoms with Crippen LogP contribution in [0.5, 0.6) is 0 Å². The topological polar surface area (TPSA) is 98.1 Å². The maximum atomic E-state index is 12.4. The predicted octanol–water partition coefficient (Wildman–Crippen LogP) is -0.163. The summed E-state index contributed by atoms with van der Waals surface area (Å²) in [5, 5.41) is 9.48. The second kappa shape index (κ2) is 7.82. The molecule has 2 N–H and O–H groups in total. The van der Waals surface area contributed by atoms with Crippen LogP contribution in [0.1, 0.15) is 34.2 Å². The van der Waals surface area contributed by atoms with Crippen LogP contribution >= 0.6 is 0 Å². The third-order valence-corrected chi connectivity index (χ3v) is 5.23. The van der Waals surface area contributed by atoms with E-state index in [1.165, 1.54) is 37.1 Å². The van der Waals surface area contributed by atoms with Crippen LogP contribution < -0.4 is 0 Å². The van der Waals surface area contributed by atoms with Crippen molar-refractivity contribution < 1.29 is 22.9 Å². The van der Waals surface area contributed by atoms with Gasteiger partial charge in [-0.3, -0.25) is 14.2 Å². The van der Waals surface area contributed by atoms with Gasteiger partial charge in [0.15, 0.2) is 0 Å². The van der Waals surface area contributed by atoms with Gasteiger partial charge in [-0.1, -0.05) is 12.1 Å². The van der Waals surface area contributed by atoms with E-state index in [2.05, 4.69) is 4.90 Å². The van der Waals surface area contributed by atoms with Gasteiger partial charge in [0.05, 0.1) is 0 Å². The molecule has 1 saturated carbocycles. The number of amides is 1. The van der Waals surface area contributed by atoms with E-state index >= 15 is 0 Å². The first-order valence-corrected chi connectivity index (χ1v) is 9.14. The Morgan fingerprint density at radius 2 is 1.62 bits per heavy atom. The summed E-state index contributed by atoms with van der Waals surface area (Å²) in [6.07, 6.45) is 2.51. The zero-order valence-electron chi connectivity index (χ0n) is 12.6. The van der Waals surface area contributed by atoms with E-state index < -0.39 is 15.6 Å². The van der Waals surface area contributed by atoms with E-state index in [0.29, 0.717) is 24.7 Å². The number of rotatable bonds is 4. The molecular weight excluding hydrogens is 343 g/mol. The van der Waals surface area contributed by atoms with Gasteiger partial charge in [-0.15, -0.1) is 0 Å². The summed E-state index contributed by atoms with van der Waals surface area (Å²) in [7, 11) is -4.56. The molecule has 1 aliphatic heterocycles. The minimum atomic E-state index is -4.56. The van der Waals surface area contributed by atoms with E-state index in [9.17, 15) is 18.3 Å². The molecule has 128 valence electrons. The van der Waals surface area contributed by atoms with Crippen molar-refractivity contribution in [1.82, 2.24) is 9.80 Å². The summed E-state index contributed by atoms with van der Waals surface area (Å²) in [5.41, 5.74) is -1.52. The van der Waals surface area contributed by atoms with Crippen molar-refractivity contribution >= 4 is 45.6 Å². The molecule has 1 aliphatic carbocycles. The third-order valence-electron chi connectivity index (χ3n) is 4.39. The number of aliphatic hydroxyl groups excluding tert-OH is 1. The fourth-order valence-electron chi connectivity index (χ4n) is 2.87. The van der Waals surface area contributed by atoms with Crippen LogP contribution in [0, 0.1) is 0 Å². The molecule has 24 heavy (non-hydrogen) atoms. The first-order chi connectivity index (χ1) is 10.9. The molecule has 0 bridgehead atoms. The molecule has 2 fully saturated rings. The molecular formula is C15H21N2NaO5S. The summed E-state index contributed by atoms with van der Waals surface area (Å²) in [5.74, 6) is -0.103. The van der Waals surface area contributed by atoms with Crippen LogP contribution in [0.4, 0.5) is 0 Å². The number of benzene rings is 1. The molecule has 1 heterocycles. The quantitative estimate of drug-likeness (QED) is 0.569. The summed E-state index contributed by atoms with van der Waals surface area (Å²) in [6, 6.07) is 6.32. The second-order valence-corrected chi connectivity index (χ2v) is 7.53. The van der Waals surface area contributed by atoms with Gasteiger partial charge < -0.3 is 10.0 Å². The van der Waals surface area contributed by atoms with E-state index in [1.807, 2.05) is 0 Å². The van der Waals surface area contributed by atoms with Crippen molar-refractivity contribution in [2.75, 3.05) is 26.2 Å². The van der Waals surface area contributed by atoms with Crippen LogP contribution in [0.2, 0.25) is 0 Å². The number of carbonyl (C=O) groups is 1. The first-order valence-electron chi connectivity index (χ1n) is 7.64. The Hall–Kier alpha value is -0.480. The number of piperazine rings is 1. The maximum absolute atomic E-state index is 12.4. The minimum absolute atomic E-state index is 0. The Morgan fingerprint density at radius 1 is 1.08 bits per heavy atom. The van der Waals surface area contributed by atoms with Crippen molar-refractivity contribution in [2.45, 2.75) is 24.3 Å². The van der Waals surface area contributed by atoms with Crippen molar-refractivity contribution in [1.29, 1.82) is 0 Å². The number of aliphatic hydroxyl groups is 1. The predicted molar refractivity (Wildman–Crippen MR) is 90.6 cm³/mol. The average molecular weight is 364 g/mol. The molecule has 7 nitrogen and oxygen atoms in total. The Bertz CT molecular complexity index is 682. The molecule has 1 amide bonds. The van der Waals surface area contributed by atoms with Crippen molar-refractivity contribution in [3.63, 3.8) is 0 Å². The molecule has 1 saturated heterocycles. The molecule has 1 aromatic carbocycles.